The van der Waals surface area contributed by atoms with Gasteiger partial charge in [0.05, 0.1) is 13.0 Å². The van der Waals surface area contributed by atoms with Crippen LogP contribution in [0.3, 0.4) is 0 Å². The molecule has 4 nitrogen and oxygen atoms in total. The van der Waals surface area contributed by atoms with Gasteiger partial charge in [0.15, 0.2) is 0 Å². The van der Waals surface area contributed by atoms with E-state index in [9.17, 15) is 9.59 Å². The first-order valence-electron chi connectivity index (χ1n) is 8.16. The summed E-state index contributed by atoms with van der Waals surface area (Å²) in [4.78, 5) is 23.8. The second-order valence-electron chi connectivity index (χ2n) is 6.38. The third-order valence-corrected chi connectivity index (χ3v) is 4.71. The smallest absolute Gasteiger partial charge is 0.239 e. The second kappa shape index (κ2) is 7.97. The minimum absolute atomic E-state index is 0.0588. The highest BCUT2D eigenvalue weighted by atomic mass is 16.2. The van der Waals surface area contributed by atoms with E-state index in [1.54, 1.807) is 0 Å². The molecule has 0 unspecified atom stereocenters. The summed E-state index contributed by atoms with van der Waals surface area (Å²) >= 11 is 0. The monoisotopic (exact) mass is 302 g/mol. The number of nitrogens with one attached hydrogen (secondary N) is 2. The van der Waals surface area contributed by atoms with Gasteiger partial charge < -0.3 is 10.6 Å². The van der Waals surface area contributed by atoms with Gasteiger partial charge in [0, 0.05) is 6.04 Å². The molecule has 1 fully saturated rings. The lowest BCUT2D eigenvalue weighted by Gasteiger charge is -2.34. The molecule has 22 heavy (non-hydrogen) atoms. The van der Waals surface area contributed by atoms with Crippen molar-refractivity contribution < 1.29 is 9.59 Å². The van der Waals surface area contributed by atoms with E-state index >= 15 is 0 Å². The lowest BCUT2D eigenvalue weighted by Crippen LogP contribution is -2.47. The first-order chi connectivity index (χ1) is 10.6. The maximum absolute atomic E-state index is 12.0. The Kier molecular flexibility index (Phi) is 5.99. The van der Waals surface area contributed by atoms with E-state index < -0.39 is 0 Å². The molecular weight excluding hydrogens is 276 g/mol. The van der Waals surface area contributed by atoms with Crippen molar-refractivity contribution in [1.82, 2.24) is 10.6 Å². The Morgan fingerprint density at radius 1 is 1.09 bits per heavy atom. The van der Waals surface area contributed by atoms with Gasteiger partial charge in [0.25, 0.3) is 0 Å². The molecule has 0 saturated heterocycles. The van der Waals surface area contributed by atoms with Crippen molar-refractivity contribution in [2.45, 2.75) is 45.6 Å². The summed E-state index contributed by atoms with van der Waals surface area (Å²) in [5, 5.41) is 5.76. The van der Waals surface area contributed by atoms with E-state index in [-0.39, 0.29) is 24.4 Å². The molecule has 1 saturated carbocycles. The zero-order valence-electron chi connectivity index (χ0n) is 13.5. The van der Waals surface area contributed by atoms with Crippen LogP contribution in [0.5, 0.6) is 0 Å². The number of amides is 2. The first-order valence-corrected chi connectivity index (χ1v) is 8.16. The predicted molar refractivity (Wildman–Crippen MR) is 87.3 cm³/mol. The van der Waals surface area contributed by atoms with Crippen LogP contribution in [0.4, 0.5) is 0 Å². The Labute approximate surface area is 132 Å². The number of carbonyl (C=O) groups is 2. The van der Waals surface area contributed by atoms with Gasteiger partial charge in [-0.3, -0.25) is 9.59 Å². The summed E-state index contributed by atoms with van der Waals surface area (Å²) in [6.07, 6.45) is 3.75. The van der Waals surface area contributed by atoms with Crippen LogP contribution in [0.25, 0.3) is 0 Å². The van der Waals surface area contributed by atoms with E-state index in [0.29, 0.717) is 18.3 Å². The predicted octanol–water partition coefficient (Wildman–Crippen LogP) is 2.29. The molecule has 1 aliphatic rings. The highest BCUT2D eigenvalue weighted by Crippen LogP contribution is 2.29. The molecule has 0 spiro atoms. The number of hydrogen-bond donors (Lipinski definition) is 2. The number of rotatable bonds is 5. The minimum atomic E-state index is -0.119. The molecule has 0 bridgehead atoms. The Morgan fingerprint density at radius 2 is 1.82 bits per heavy atom. The van der Waals surface area contributed by atoms with E-state index in [1.165, 1.54) is 6.42 Å². The molecule has 2 N–H and O–H groups in total. The van der Waals surface area contributed by atoms with Crippen LogP contribution in [0.2, 0.25) is 0 Å². The minimum Gasteiger partial charge on any atom is -0.352 e. The highest BCUT2D eigenvalue weighted by molar-refractivity contribution is 5.85. The second-order valence-corrected chi connectivity index (χ2v) is 6.38. The highest BCUT2D eigenvalue weighted by Gasteiger charge is 2.27. The van der Waals surface area contributed by atoms with Crippen LogP contribution >= 0.6 is 0 Å². The quantitative estimate of drug-likeness (QED) is 0.877. The Bertz CT molecular complexity index is 501. The molecule has 1 aliphatic carbocycles. The molecule has 120 valence electrons. The molecule has 1 aromatic rings. The van der Waals surface area contributed by atoms with Crippen LogP contribution in [0, 0.1) is 11.8 Å². The fourth-order valence-corrected chi connectivity index (χ4v) is 3.07. The summed E-state index contributed by atoms with van der Waals surface area (Å²) in [5.74, 6) is 0.934. The van der Waals surface area contributed by atoms with Gasteiger partial charge in [-0.1, -0.05) is 57.0 Å². The number of carbonyl (C=O) groups excluding carboxylic acids is 2. The maximum atomic E-state index is 12.0. The number of benzene rings is 1. The first kappa shape index (κ1) is 16.5. The Balaban J connectivity index is 1.72. The molecule has 0 radical (unpaired) electrons. The van der Waals surface area contributed by atoms with Crippen LogP contribution < -0.4 is 10.6 Å². The Hall–Kier alpha value is -1.84. The maximum Gasteiger partial charge on any atom is 0.239 e. The van der Waals surface area contributed by atoms with Crippen molar-refractivity contribution >= 4 is 11.8 Å². The van der Waals surface area contributed by atoms with Gasteiger partial charge in [0.2, 0.25) is 11.8 Å². The van der Waals surface area contributed by atoms with Gasteiger partial charge >= 0.3 is 0 Å². The van der Waals surface area contributed by atoms with E-state index in [0.717, 1.165) is 18.4 Å². The van der Waals surface area contributed by atoms with Crippen LogP contribution in [-0.4, -0.2) is 24.4 Å². The summed E-state index contributed by atoms with van der Waals surface area (Å²) in [6, 6.07) is 9.78. The molecular formula is C18H26N2O2. The largest absolute Gasteiger partial charge is 0.352 e. The van der Waals surface area contributed by atoms with Crippen molar-refractivity contribution in [2.75, 3.05) is 6.54 Å². The Morgan fingerprint density at radius 3 is 2.55 bits per heavy atom. The zero-order chi connectivity index (χ0) is 15.9. The third-order valence-electron chi connectivity index (χ3n) is 4.71. The standard InChI is InChI=1S/C18H26N2O2/c1-13-7-6-10-16(14(13)2)20-18(22)12-19-17(21)11-15-8-4-3-5-9-15/h3-5,8-9,13-14,16H,6-7,10-12H2,1-2H3,(H,19,21)(H,20,22)/t13-,14+,16+/m1/s1. The van der Waals surface area contributed by atoms with Crippen molar-refractivity contribution in [3.05, 3.63) is 35.9 Å². The lowest BCUT2D eigenvalue weighted by molar-refractivity contribution is -0.126. The summed E-state index contributed by atoms with van der Waals surface area (Å²) in [6.45, 7) is 4.50. The molecule has 0 aromatic heterocycles. The van der Waals surface area contributed by atoms with Crippen molar-refractivity contribution in [1.29, 1.82) is 0 Å². The molecule has 2 amide bonds. The summed E-state index contributed by atoms with van der Waals surface area (Å²) < 4.78 is 0. The van der Waals surface area contributed by atoms with Crippen molar-refractivity contribution in [2.24, 2.45) is 11.8 Å². The molecule has 4 heteroatoms. The fourth-order valence-electron chi connectivity index (χ4n) is 3.07. The zero-order valence-corrected chi connectivity index (χ0v) is 13.5. The van der Waals surface area contributed by atoms with E-state index in [2.05, 4.69) is 24.5 Å². The lowest BCUT2D eigenvalue weighted by atomic mass is 9.78. The van der Waals surface area contributed by atoms with Crippen LogP contribution in [0.1, 0.15) is 38.7 Å². The van der Waals surface area contributed by atoms with Gasteiger partial charge in [-0.2, -0.15) is 0 Å². The SMILES string of the molecule is C[C@H]1[C@H](C)CCC[C@@H]1NC(=O)CNC(=O)Cc1ccccc1. The average molecular weight is 302 g/mol. The van der Waals surface area contributed by atoms with Gasteiger partial charge in [0.1, 0.15) is 0 Å². The average Bonchev–Trinajstić information content (AvgIpc) is 2.51. The van der Waals surface area contributed by atoms with Crippen molar-refractivity contribution in [3.63, 3.8) is 0 Å². The van der Waals surface area contributed by atoms with Crippen molar-refractivity contribution in [3.8, 4) is 0 Å². The molecule has 3 atom stereocenters. The summed E-state index contributed by atoms with van der Waals surface area (Å²) in [7, 11) is 0. The molecule has 0 aliphatic heterocycles. The van der Waals surface area contributed by atoms with Gasteiger partial charge in [-0.25, -0.2) is 0 Å². The third kappa shape index (κ3) is 4.86. The molecule has 1 aromatic carbocycles. The molecule has 2 rings (SSSR count). The van der Waals surface area contributed by atoms with Crippen LogP contribution in [-0.2, 0) is 16.0 Å². The van der Waals surface area contributed by atoms with Gasteiger partial charge in [-0.15, -0.1) is 0 Å². The number of hydrogen-bond acceptors (Lipinski definition) is 2. The van der Waals surface area contributed by atoms with E-state index in [1.807, 2.05) is 30.3 Å². The molecule has 0 heterocycles. The van der Waals surface area contributed by atoms with Gasteiger partial charge in [-0.05, 0) is 23.8 Å². The van der Waals surface area contributed by atoms with Crippen LogP contribution in [0.15, 0.2) is 30.3 Å². The fraction of sp³-hybridized carbons (Fsp3) is 0.556. The van der Waals surface area contributed by atoms with E-state index in [4.69, 9.17) is 0 Å². The normalized spacial score (nSPS) is 24.5. The topological polar surface area (TPSA) is 58.2 Å². The summed E-state index contributed by atoms with van der Waals surface area (Å²) in [5.41, 5.74) is 0.954.